The zero-order chi connectivity index (χ0) is 12.4. The van der Waals surface area contributed by atoms with Gasteiger partial charge in [-0.1, -0.05) is 6.08 Å². The Bertz CT molecular complexity index is 239. The highest BCUT2D eigenvalue weighted by Crippen LogP contribution is 1.99. The lowest BCUT2D eigenvalue weighted by molar-refractivity contribution is -0.121. The molecule has 0 aromatic rings. The summed E-state index contributed by atoms with van der Waals surface area (Å²) in [5.74, 6) is 0.0748. The van der Waals surface area contributed by atoms with E-state index in [0.29, 0.717) is 25.8 Å². The van der Waals surface area contributed by atoms with Crippen molar-refractivity contribution in [2.45, 2.75) is 45.1 Å². The molecule has 0 aliphatic rings. The van der Waals surface area contributed by atoms with Gasteiger partial charge in [-0.15, -0.1) is 6.58 Å². The third-order valence-electron chi connectivity index (χ3n) is 2.36. The van der Waals surface area contributed by atoms with E-state index in [-0.39, 0.29) is 17.7 Å². The van der Waals surface area contributed by atoms with Gasteiger partial charge in [-0.05, 0) is 32.6 Å². The fourth-order valence-corrected chi connectivity index (χ4v) is 1.24. The van der Waals surface area contributed by atoms with E-state index < -0.39 is 0 Å². The number of carbonyl (C=O) groups is 2. The minimum Gasteiger partial charge on any atom is -0.356 e. The molecule has 1 amide bonds. The molecule has 0 aromatic carbocycles. The Kier molecular flexibility index (Phi) is 8.43. The second-order valence-corrected chi connectivity index (χ2v) is 3.89. The lowest BCUT2D eigenvalue weighted by atomic mass is 10.1. The van der Waals surface area contributed by atoms with E-state index in [9.17, 15) is 9.59 Å². The number of amides is 1. The molecular weight excluding hydrogens is 204 g/mol. The van der Waals surface area contributed by atoms with E-state index >= 15 is 0 Å². The van der Waals surface area contributed by atoms with Gasteiger partial charge < -0.3 is 11.1 Å². The fraction of sp³-hybridized carbons (Fsp3) is 0.667. The number of hydrogen-bond acceptors (Lipinski definition) is 3. The topological polar surface area (TPSA) is 72.2 Å². The molecule has 0 aromatic heterocycles. The van der Waals surface area contributed by atoms with Crippen LogP contribution >= 0.6 is 0 Å². The first-order chi connectivity index (χ1) is 7.57. The average Bonchev–Trinajstić information content (AvgIpc) is 2.25. The fourth-order valence-electron chi connectivity index (χ4n) is 1.24. The van der Waals surface area contributed by atoms with E-state index in [1.165, 1.54) is 6.92 Å². The normalized spacial score (nSPS) is 11.9. The number of nitrogens with two attached hydrogens (primary N) is 1. The molecule has 0 saturated carbocycles. The Balaban J connectivity index is 3.36. The third kappa shape index (κ3) is 8.17. The van der Waals surface area contributed by atoms with Crippen molar-refractivity contribution in [3.8, 4) is 0 Å². The van der Waals surface area contributed by atoms with E-state index in [2.05, 4.69) is 11.9 Å². The molecular formula is C12H22N2O2. The van der Waals surface area contributed by atoms with Crippen LogP contribution in [-0.4, -0.2) is 24.3 Å². The van der Waals surface area contributed by atoms with E-state index in [1.807, 2.05) is 0 Å². The maximum atomic E-state index is 11.2. The Hall–Kier alpha value is -1.16. The summed E-state index contributed by atoms with van der Waals surface area (Å²) in [6, 6.07) is -0.350. The van der Waals surface area contributed by atoms with Crippen molar-refractivity contribution in [2.24, 2.45) is 5.73 Å². The molecule has 0 saturated heterocycles. The van der Waals surface area contributed by atoms with Crippen molar-refractivity contribution in [3.05, 3.63) is 12.7 Å². The van der Waals surface area contributed by atoms with Crippen LogP contribution in [-0.2, 0) is 9.59 Å². The van der Waals surface area contributed by atoms with Gasteiger partial charge in [0.2, 0.25) is 5.91 Å². The molecule has 92 valence electrons. The van der Waals surface area contributed by atoms with Gasteiger partial charge in [-0.3, -0.25) is 9.59 Å². The Labute approximate surface area is 97.3 Å². The second-order valence-electron chi connectivity index (χ2n) is 3.89. The van der Waals surface area contributed by atoms with Crippen LogP contribution in [0.5, 0.6) is 0 Å². The molecule has 4 heteroatoms. The molecule has 1 unspecified atom stereocenters. The summed E-state index contributed by atoms with van der Waals surface area (Å²) < 4.78 is 0. The SMILES string of the molecule is C=CCCC(=O)NCCCCC(N)C(C)=O. The van der Waals surface area contributed by atoms with Crippen LogP contribution in [0.15, 0.2) is 12.7 Å². The maximum Gasteiger partial charge on any atom is 0.220 e. The number of allylic oxidation sites excluding steroid dienone is 1. The van der Waals surface area contributed by atoms with Gasteiger partial charge in [0.15, 0.2) is 0 Å². The van der Waals surface area contributed by atoms with E-state index in [0.717, 1.165) is 12.8 Å². The van der Waals surface area contributed by atoms with Crippen LogP contribution < -0.4 is 11.1 Å². The Morgan fingerprint density at radius 1 is 1.44 bits per heavy atom. The zero-order valence-electron chi connectivity index (χ0n) is 10.00. The molecule has 0 bridgehead atoms. The molecule has 0 spiro atoms. The Morgan fingerprint density at radius 2 is 2.12 bits per heavy atom. The summed E-state index contributed by atoms with van der Waals surface area (Å²) in [5.41, 5.74) is 5.58. The lowest BCUT2D eigenvalue weighted by Crippen LogP contribution is -2.28. The van der Waals surface area contributed by atoms with Gasteiger partial charge in [0.05, 0.1) is 6.04 Å². The number of carbonyl (C=O) groups excluding carboxylic acids is 2. The molecule has 0 heterocycles. The molecule has 16 heavy (non-hydrogen) atoms. The van der Waals surface area contributed by atoms with Crippen molar-refractivity contribution in [1.29, 1.82) is 0 Å². The number of nitrogens with one attached hydrogen (secondary N) is 1. The van der Waals surface area contributed by atoms with Crippen LogP contribution in [0, 0.1) is 0 Å². The summed E-state index contributed by atoms with van der Waals surface area (Å²) in [7, 11) is 0. The quantitative estimate of drug-likeness (QED) is 0.457. The van der Waals surface area contributed by atoms with Crippen molar-refractivity contribution in [2.75, 3.05) is 6.54 Å². The first-order valence-corrected chi connectivity index (χ1v) is 5.71. The summed E-state index contributed by atoms with van der Waals surface area (Å²) in [4.78, 5) is 22.0. The van der Waals surface area contributed by atoms with Crippen LogP contribution in [0.25, 0.3) is 0 Å². The highest BCUT2D eigenvalue weighted by molar-refractivity contribution is 5.81. The molecule has 1 atom stereocenters. The number of unbranched alkanes of at least 4 members (excludes halogenated alkanes) is 1. The van der Waals surface area contributed by atoms with Gasteiger partial charge in [0, 0.05) is 13.0 Å². The van der Waals surface area contributed by atoms with Crippen LogP contribution in [0.1, 0.15) is 39.0 Å². The highest BCUT2D eigenvalue weighted by Gasteiger charge is 2.06. The molecule has 0 rings (SSSR count). The number of Topliss-reactive ketones (excluding diaryl/α,β-unsaturated/α-hetero) is 1. The predicted molar refractivity (Wildman–Crippen MR) is 64.9 cm³/mol. The monoisotopic (exact) mass is 226 g/mol. The standard InChI is InChI=1S/C12H22N2O2/c1-3-4-8-12(16)14-9-6-5-7-11(13)10(2)15/h3,11H,1,4-9,13H2,2H3,(H,14,16). The zero-order valence-corrected chi connectivity index (χ0v) is 10.00. The summed E-state index contributed by atoms with van der Waals surface area (Å²) in [6.45, 7) is 5.71. The van der Waals surface area contributed by atoms with Crippen LogP contribution in [0.2, 0.25) is 0 Å². The predicted octanol–water partition coefficient (Wildman–Crippen LogP) is 1.16. The van der Waals surface area contributed by atoms with Gasteiger partial charge in [-0.2, -0.15) is 0 Å². The maximum absolute atomic E-state index is 11.2. The largest absolute Gasteiger partial charge is 0.356 e. The minimum absolute atomic E-state index is 0.0232. The van der Waals surface area contributed by atoms with Crippen molar-refractivity contribution >= 4 is 11.7 Å². The van der Waals surface area contributed by atoms with Gasteiger partial charge in [-0.25, -0.2) is 0 Å². The number of hydrogen-bond donors (Lipinski definition) is 2. The van der Waals surface area contributed by atoms with Crippen molar-refractivity contribution in [3.63, 3.8) is 0 Å². The first-order valence-electron chi connectivity index (χ1n) is 5.71. The van der Waals surface area contributed by atoms with Crippen molar-refractivity contribution in [1.82, 2.24) is 5.32 Å². The van der Waals surface area contributed by atoms with Crippen LogP contribution in [0.4, 0.5) is 0 Å². The summed E-state index contributed by atoms with van der Waals surface area (Å²) >= 11 is 0. The first kappa shape index (κ1) is 14.8. The van der Waals surface area contributed by atoms with Gasteiger partial charge in [0.1, 0.15) is 5.78 Å². The second kappa shape index (κ2) is 9.09. The molecule has 0 radical (unpaired) electrons. The lowest BCUT2D eigenvalue weighted by Gasteiger charge is -2.07. The van der Waals surface area contributed by atoms with Gasteiger partial charge >= 0.3 is 0 Å². The molecule has 4 nitrogen and oxygen atoms in total. The van der Waals surface area contributed by atoms with Crippen LogP contribution in [0.3, 0.4) is 0 Å². The molecule has 0 aliphatic heterocycles. The molecule has 0 aliphatic carbocycles. The number of rotatable bonds is 9. The summed E-state index contributed by atoms with van der Waals surface area (Å²) in [6.07, 6.45) is 5.35. The van der Waals surface area contributed by atoms with Crippen molar-refractivity contribution < 1.29 is 9.59 Å². The highest BCUT2D eigenvalue weighted by atomic mass is 16.1. The minimum atomic E-state index is -0.350. The Morgan fingerprint density at radius 3 is 2.69 bits per heavy atom. The van der Waals surface area contributed by atoms with E-state index in [1.54, 1.807) is 6.08 Å². The third-order valence-corrected chi connectivity index (χ3v) is 2.36. The number of ketones is 1. The molecule has 0 fully saturated rings. The average molecular weight is 226 g/mol. The van der Waals surface area contributed by atoms with Gasteiger partial charge in [0.25, 0.3) is 0 Å². The molecule has 3 N–H and O–H groups in total. The summed E-state index contributed by atoms with van der Waals surface area (Å²) in [5, 5.41) is 2.81. The smallest absolute Gasteiger partial charge is 0.220 e. The van der Waals surface area contributed by atoms with E-state index in [4.69, 9.17) is 5.73 Å².